The van der Waals surface area contributed by atoms with E-state index in [0.29, 0.717) is 10.0 Å². The molecule has 0 aliphatic rings. The van der Waals surface area contributed by atoms with Crippen LogP contribution in [-0.2, 0) is 6.42 Å². The van der Waals surface area contributed by atoms with Crippen LogP contribution in [0.25, 0.3) is 0 Å². The van der Waals surface area contributed by atoms with Gasteiger partial charge in [-0.2, -0.15) is 0 Å². The summed E-state index contributed by atoms with van der Waals surface area (Å²) in [6, 6.07) is 0.185. The number of nitrogens with zero attached hydrogens (tertiary/aromatic N) is 1. The molecule has 1 aromatic carbocycles. The zero-order valence-electron chi connectivity index (χ0n) is 10.3. The van der Waals surface area contributed by atoms with Crippen LogP contribution in [0.2, 0.25) is 0 Å². The molecule has 1 aromatic heterocycles. The lowest BCUT2D eigenvalue weighted by molar-refractivity contribution is 0.363. The average Bonchev–Trinajstić information content (AvgIpc) is 2.43. The fraction of sp³-hybridized carbons (Fsp3) is 0.154. The Balaban J connectivity index is 2.42. The molecular weight excluding hydrogens is 359 g/mol. The molecule has 2 rings (SSSR count). The number of halogens is 6. The molecule has 0 spiro atoms. The van der Waals surface area contributed by atoms with Gasteiger partial charge in [0.15, 0.2) is 23.3 Å². The van der Waals surface area contributed by atoms with Crippen molar-refractivity contribution in [2.45, 2.75) is 12.5 Å². The molecule has 0 fully saturated rings. The van der Waals surface area contributed by atoms with Crippen molar-refractivity contribution in [2.75, 3.05) is 0 Å². The summed E-state index contributed by atoms with van der Waals surface area (Å²) in [4.78, 5) is 3.83. The van der Waals surface area contributed by atoms with Gasteiger partial charge in [0.1, 0.15) is 0 Å². The molecule has 2 nitrogen and oxygen atoms in total. The first-order chi connectivity index (χ1) is 9.82. The van der Waals surface area contributed by atoms with Gasteiger partial charge in [0, 0.05) is 28.5 Å². The van der Waals surface area contributed by atoms with Gasteiger partial charge in [-0.3, -0.25) is 4.98 Å². The molecule has 0 saturated heterocycles. The second-order valence-electron chi connectivity index (χ2n) is 4.31. The number of hydrogen-bond donors (Lipinski definition) is 1. The van der Waals surface area contributed by atoms with Crippen molar-refractivity contribution in [1.82, 2.24) is 4.98 Å². The van der Waals surface area contributed by atoms with Crippen LogP contribution >= 0.6 is 15.9 Å². The fourth-order valence-electron chi connectivity index (χ4n) is 1.87. The van der Waals surface area contributed by atoms with Gasteiger partial charge in [-0.25, -0.2) is 22.0 Å². The first kappa shape index (κ1) is 15.8. The number of benzene rings is 1. The largest absolute Gasteiger partial charge is 0.323 e. The van der Waals surface area contributed by atoms with E-state index in [4.69, 9.17) is 5.73 Å². The molecule has 1 unspecified atom stereocenters. The molecule has 0 aliphatic heterocycles. The molecule has 8 heteroatoms. The van der Waals surface area contributed by atoms with E-state index in [1.54, 1.807) is 6.07 Å². The van der Waals surface area contributed by atoms with E-state index >= 15 is 0 Å². The molecule has 0 radical (unpaired) electrons. The highest BCUT2D eigenvalue weighted by atomic mass is 79.9. The highest BCUT2D eigenvalue weighted by Gasteiger charge is 2.28. The highest BCUT2D eigenvalue weighted by Crippen LogP contribution is 2.28. The van der Waals surface area contributed by atoms with Crippen molar-refractivity contribution in [3.63, 3.8) is 0 Å². The third kappa shape index (κ3) is 3.06. The van der Waals surface area contributed by atoms with Gasteiger partial charge in [-0.15, -0.1) is 0 Å². The lowest BCUT2D eigenvalue weighted by Gasteiger charge is -2.15. The van der Waals surface area contributed by atoms with Crippen molar-refractivity contribution in [2.24, 2.45) is 5.73 Å². The quantitative estimate of drug-likeness (QED) is 0.510. The summed E-state index contributed by atoms with van der Waals surface area (Å²) in [5, 5.41) is 0. The summed E-state index contributed by atoms with van der Waals surface area (Å²) in [6.45, 7) is 0. The third-order valence-electron chi connectivity index (χ3n) is 2.83. The van der Waals surface area contributed by atoms with Crippen molar-refractivity contribution in [3.8, 4) is 0 Å². The number of aromatic nitrogens is 1. The Hall–Kier alpha value is -1.54. The molecule has 0 bridgehead atoms. The van der Waals surface area contributed by atoms with Gasteiger partial charge in [0.05, 0.1) is 0 Å². The van der Waals surface area contributed by atoms with Gasteiger partial charge < -0.3 is 5.73 Å². The molecular formula is C13H8BrF5N2. The predicted octanol–water partition coefficient (Wildman–Crippen LogP) is 3.78. The van der Waals surface area contributed by atoms with Crippen molar-refractivity contribution in [3.05, 3.63) is 63.1 Å². The molecule has 21 heavy (non-hydrogen) atoms. The van der Waals surface area contributed by atoms with Crippen LogP contribution in [-0.4, -0.2) is 4.98 Å². The van der Waals surface area contributed by atoms with Crippen LogP contribution in [0.3, 0.4) is 0 Å². The van der Waals surface area contributed by atoms with E-state index in [2.05, 4.69) is 20.9 Å². The fourth-order valence-corrected chi connectivity index (χ4v) is 2.28. The Labute approximate surface area is 124 Å². The van der Waals surface area contributed by atoms with Gasteiger partial charge in [-0.1, -0.05) is 0 Å². The standard InChI is InChI=1S/C13H8BrF5N2/c14-6-1-5(3-21-4-6)2-7(20)8-9(15)11(17)13(19)12(18)10(8)16/h1,3-4,7H,2,20H2. The second-order valence-corrected chi connectivity index (χ2v) is 5.22. The van der Waals surface area contributed by atoms with Crippen molar-refractivity contribution in [1.29, 1.82) is 0 Å². The van der Waals surface area contributed by atoms with Gasteiger partial charge >= 0.3 is 0 Å². The minimum atomic E-state index is -2.20. The summed E-state index contributed by atoms with van der Waals surface area (Å²) in [6.07, 6.45) is 2.73. The molecule has 0 amide bonds. The lowest BCUT2D eigenvalue weighted by Crippen LogP contribution is -2.20. The predicted molar refractivity (Wildman–Crippen MR) is 68.8 cm³/mol. The highest BCUT2D eigenvalue weighted by molar-refractivity contribution is 9.10. The van der Waals surface area contributed by atoms with Crippen LogP contribution in [0.15, 0.2) is 22.9 Å². The molecule has 1 heterocycles. The number of rotatable bonds is 3. The van der Waals surface area contributed by atoms with E-state index in [-0.39, 0.29) is 6.42 Å². The van der Waals surface area contributed by atoms with Crippen molar-refractivity contribution < 1.29 is 22.0 Å². The molecule has 0 saturated carbocycles. The zero-order chi connectivity index (χ0) is 15.7. The number of pyridine rings is 1. The van der Waals surface area contributed by atoms with E-state index in [1.807, 2.05) is 0 Å². The van der Waals surface area contributed by atoms with Crippen LogP contribution in [0.4, 0.5) is 22.0 Å². The average molecular weight is 367 g/mol. The van der Waals surface area contributed by atoms with Gasteiger partial charge in [0.2, 0.25) is 5.82 Å². The normalized spacial score (nSPS) is 12.5. The van der Waals surface area contributed by atoms with Crippen LogP contribution < -0.4 is 5.73 Å². The van der Waals surface area contributed by atoms with E-state index in [9.17, 15) is 22.0 Å². The van der Waals surface area contributed by atoms with Crippen LogP contribution in [0, 0.1) is 29.1 Å². The summed E-state index contributed by atoms with van der Waals surface area (Å²) < 4.78 is 67.0. The van der Waals surface area contributed by atoms with E-state index in [0.717, 1.165) is 0 Å². The summed E-state index contributed by atoms with van der Waals surface area (Å²) in [5.74, 6) is -10.0. The van der Waals surface area contributed by atoms with Crippen LogP contribution in [0.5, 0.6) is 0 Å². The van der Waals surface area contributed by atoms with E-state index < -0.39 is 40.7 Å². The third-order valence-corrected chi connectivity index (χ3v) is 3.27. The Kier molecular flexibility index (Phi) is 4.58. The van der Waals surface area contributed by atoms with Gasteiger partial charge in [-0.05, 0) is 34.0 Å². The molecule has 2 N–H and O–H groups in total. The lowest BCUT2D eigenvalue weighted by atomic mass is 9.99. The Bertz CT molecular complexity index is 663. The Morgan fingerprint density at radius 3 is 2.00 bits per heavy atom. The molecule has 112 valence electrons. The molecule has 0 aliphatic carbocycles. The first-order valence-corrected chi connectivity index (χ1v) is 6.48. The number of hydrogen-bond acceptors (Lipinski definition) is 2. The second kappa shape index (κ2) is 6.07. The van der Waals surface area contributed by atoms with Crippen LogP contribution in [0.1, 0.15) is 17.2 Å². The first-order valence-electron chi connectivity index (χ1n) is 5.69. The van der Waals surface area contributed by atoms with Crippen molar-refractivity contribution >= 4 is 15.9 Å². The smallest absolute Gasteiger partial charge is 0.200 e. The Morgan fingerprint density at radius 1 is 0.952 bits per heavy atom. The molecule has 2 aromatic rings. The summed E-state index contributed by atoms with van der Waals surface area (Å²) >= 11 is 3.15. The summed E-state index contributed by atoms with van der Waals surface area (Å²) in [5.41, 5.74) is 5.04. The number of nitrogens with two attached hydrogens (primary N) is 1. The van der Waals surface area contributed by atoms with Gasteiger partial charge in [0.25, 0.3) is 0 Å². The summed E-state index contributed by atoms with van der Waals surface area (Å²) in [7, 11) is 0. The SMILES string of the molecule is NC(Cc1cncc(Br)c1)c1c(F)c(F)c(F)c(F)c1F. The maximum Gasteiger partial charge on any atom is 0.200 e. The van der Waals surface area contributed by atoms with E-state index in [1.165, 1.54) is 12.4 Å². The minimum Gasteiger partial charge on any atom is -0.323 e. The molecule has 1 atom stereocenters. The monoisotopic (exact) mass is 366 g/mol. The maximum absolute atomic E-state index is 13.6. The maximum atomic E-state index is 13.6. The Morgan fingerprint density at radius 2 is 1.48 bits per heavy atom. The zero-order valence-corrected chi connectivity index (χ0v) is 11.9. The minimum absolute atomic E-state index is 0.134. The topological polar surface area (TPSA) is 38.9 Å².